The number of rotatable bonds is 2. The largest absolute Gasteiger partial charge is 0.436 e. The van der Waals surface area contributed by atoms with E-state index in [9.17, 15) is 0 Å². The minimum atomic E-state index is 0.569. The van der Waals surface area contributed by atoms with Gasteiger partial charge >= 0.3 is 0 Å². The number of hydrogen-bond donors (Lipinski definition) is 0. The second-order valence-electron chi connectivity index (χ2n) is 9.39. The summed E-state index contributed by atoms with van der Waals surface area (Å²) < 4.78 is 6.13. The van der Waals surface area contributed by atoms with E-state index in [1.165, 1.54) is 38.2 Å². The van der Waals surface area contributed by atoms with Gasteiger partial charge in [0.15, 0.2) is 0 Å². The lowest BCUT2D eigenvalue weighted by molar-refractivity contribution is 0.655. The lowest BCUT2D eigenvalue weighted by atomic mass is 9.86. The molecule has 8 rings (SSSR count). The molecule has 6 aromatic carbocycles. The molecule has 0 aliphatic heterocycles. The SMILES string of the molecule is c1ccc(-c2c3ccccc3c(-c3ccc4oc5nc6ccccc6nc5c4c3)c3ccccc23)cc1. The summed E-state index contributed by atoms with van der Waals surface area (Å²) in [6.45, 7) is 0. The summed E-state index contributed by atoms with van der Waals surface area (Å²) in [6, 6.07) is 42.4. The Kier molecular flexibility index (Phi) is 4.23. The number of nitrogens with zero attached hydrogens (tertiary/aromatic N) is 2. The van der Waals surface area contributed by atoms with Crippen LogP contribution in [0.4, 0.5) is 0 Å². The summed E-state index contributed by atoms with van der Waals surface area (Å²) in [6.07, 6.45) is 0. The zero-order valence-electron chi connectivity index (χ0n) is 19.8. The van der Waals surface area contributed by atoms with Gasteiger partial charge in [0, 0.05) is 5.39 Å². The van der Waals surface area contributed by atoms with E-state index in [4.69, 9.17) is 14.4 Å². The quantitative estimate of drug-likeness (QED) is 0.235. The summed E-state index contributed by atoms with van der Waals surface area (Å²) in [7, 11) is 0. The highest BCUT2D eigenvalue weighted by molar-refractivity contribution is 6.22. The van der Waals surface area contributed by atoms with Crippen LogP contribution in [0.2, 0.25) is 0 Å². The van der Waals surface area contributed by atoms with Crippen LogP contribution in [-0.4, -0.2) is 9.97 Å². The number of hydrogen-bond acceptors (Lipinski definition) is 3. The Morgan fingerprint density at radius 1 is 0.432 bits per heavy atom. The van der Waals surface area contributed by atoms with Gasteiger partial charge in [-0.25, -0.2) is 9.97 Å². The lowest BCUT2D eigenvalue weighted by Crippen LogP contribution is -1.90. The number of fused-ring (bicyclic) bond motifs is 6. The molecule has 0 atom stereocenters. The van der Waals surface area contributed by atoms with Gasteiger partial charge in [-0.1, -0.05) is 97.1 Å². The summed E-state index contributed by atoms with van der Waals surface area (Å²) in [5.74, 6) is 0. The molecule has 3 heteroatoms. The zero-order valence-corrected chi connectivity index (χ0v) is 19.8. The third-order valence-corrected chi connectivity index (χ3v) is 7.26. The molecule has 0 spiro atoms. The zero-order chi connectivity index (χ0) is 24.3. The van der Waals surface area contributed by atoms with E-state index in [1.807, 2.05) is 30.3 Å². The third kappa shape index (κ3) is 3.01. The van der Waals surface area contributed by atoms with E-state index in [-0.39, 0.29) is 0 Å². The minimum Gasteiger partial charge on any atom is -0.436 e. The first-order valence-corrected chi connectivity index (χ1v) is 12.4. The van der Waals surface area contributed by atoms with Crippen LogP contribution in [0.15, 0.2) is 126 Å². The molecule has 0 bridgehead atoms. The highest BCUT2D eigenvalue weighted by Gasteiger charge is 2.18. The van der Waals surface area contributed by atoms with Gasteiger partial charge in [0.25, 0.3) is 0 Å². The maximum Gasteiger partial charge on any atom is 0.246 e. The standard InChI is InChI=1S/C34H20N2O/c1-2-10-21(11-3-1)31-23-12-4-6-14-25(23)32(26-15-7-5-13-24(26)31)22-18-19-30-27(20-22)33-34(37-30)36-29-17-9-8-16-28(29)35-33/h1-20H. The van der Waals surface area contributed by atoms with Gasteiger partial charge in [0.1, 0.15) is 11.1 Å². The van der Waals surface area contributed by atoms with Crippen molar-refractivity contribution in [3.8, 4) is 22.3 Å². The average Bonchev–Trinajstić information content (AvgIpc) is 3.31. The predicted octanol–water partition coefficient (Wildman–Crippen LogP) is 9.17. The van der Waals surface area contributed by atoms with Crippen LogP contribution in [0.25, 0.3) is 77.0 Å². The fourth-order valence-corrected chi connectivity index (χ4v) is 5.65. The smallest absolute Gasteiger partial charge is 0.246 e. The Bertz CT molecular complexity index is 2080. The molecule has 0 saturated heterocycles. The van der Waals surface area contributed by atoms with Gasteiger partial charge in [0.2, 0.25) is 5.71 Å². The van der Waals surface area contributed by atoms with Gasteiger partial charge in [-0.3, -0.25) is 0 Å². The molecule has 172 valence electrons. The second kappa shape index (κ2) is 7.74. The van der Waals surface area contributed by atoms with E-state index < -0.39 is 0 Å². The van der Waals surface area contributed by atoms with Crippen molar-refractivity contribution in [3.63, 3.8) is 0 Å². The first-order valence-electron chi connectivity index (χ1n) is 12.4. The average molecular weight is 473 g/mol. The van der Waals surface area contributed by atoms with Crippen molar-refractivity contribution in [2.45, 2.75) is 0 Å². The molecule has 0 saturated carbocycles. The Morgan fingerprint density at radius 2 is 0.973 bits per heavy atom. The Balaban J connectivity index is 1.48. The number of furan rings is 1. The molecule has 0 amide bonds. The van der Waals surface area contributed by atoms with Crippen LogP contribution < -0.4 is 0 Å². The second-order valence-corrected chi connectivity index (χ2v) is 9.39. The monoisotopic (exact) mass is 472 g/mol. The van der Waals surface area contributed by atoms with Crippen LogP contribution >= 0.6 is 0 Å². The number of benzene rings is 6. The Hall–Kier alpha value is -5.02. The number of aromatic nitrogens is 2. The topological polar surface area (TPSA) is 38.9 Å². The van der Waals surface area contributed by atoms with Crippen molar-refractivity contribution in [2.75, 3.05) is 0 Å². The third-order valence-electron chi connectivity index (χ3n) is 7.26. The van der Waals surface area contributed by atoms with Crippen LogP contribution in [0.3, 0.4) is 0 Å². The van der Waals surface area contributed by atoms with Gasteiger partial charge in [-0.15, -0.1) is 0 Å². The Labute approximate surface area is 212 Å². The first kappa shape index (κ1) is 20.2. The van der Waals surface area contributed by atoms with Crippen LogP contribution in [0, 0.1) is 0 Å². The van der Waals surface area contributed by atoms with Gasteiger partial charge in [-0.2, -0.15) is 0 Å². The normalized spacial score (nSPS) is 11.8. The van der Waals surface area contributed by atoms with Crippen molar-refractivity contribution < 1.29 is 4.42 Å². The van der Waals surface area contributed by atoms with E-state index in [0.717, 1.165) is 33.1 Å². The van der Waals surface area contributed by atoms with Crippen molar-refractivity contribution in [2.24, 2.45) is 0 Å². The van der Waals surface area contributed by atoms with Crippen LogP contribution in [0.1, 0.15) is 0 Å². The summed E-state index contributed by atoms with van der Waals surface area (Å²) in [5.41, 5.74) is 8.71. The summed E-state index contributed by atoms with van der Waals surface area (Å²) in [4.78, 5) is 9.66. The lowest BCUT2D eigenvalue weighted by Gasteiger charge is -2.17. The molecule has 0 aliphatic carbocycles. The predicted molar refractivity (Wildman–Crippen MR) is 153 cm³/mol. The molecule has 3 nitrogen and oxygen atoms in total. The Morgan fingerprint density at radius 3 is 1.62 bits per heavy atom. The fourth-order valence-electron chi connectivity index (χ4n) is 5.65. The minimum absolute atomic E-state index is 0.569. The fraction of sp³-hybridized carbons (Fsp3) is 0. The molecule has 0 N–H and O–H groups in total. The maximum atomic E-state index is 6.13. The summed E-state index contributed by atoms with van der Waals surface area (Å²) in [5, 5.41) is 5.91. The molecule has 0 radical (unpaired) electrons. The van der Waals surface area contributed by atoms with Gasteiger partial charge in [-0.05, 0) is 68.1 Å². The van der Waals surface area contributed by atoms with Crippen molar-refractivity contribution in [1.82, 2.24) is 9.97 Å². The highest BCUT2D eigenvalue weighted by Crippen LogP contribution is 2.44. The molecular weight excluding hydrogens is 452 g/mol. The van der Waals surface area contributed by atoms with Gasteiger partial charge in [0.05, 0.1) is 11.0 Å². The maximum absolute atomic E-state index is 6.13. The van der Waals surface area contributed by atoms with Crippen molar-refractivity contribution >= 4 is 54.8 Å². The van der Waals surface area contributed by atoms with E-state index in [0.29, 0.717) is 5.71 Å². The van der Waals surface area contributed by atoms with E-state index >= 15 is 0 Å². The molecule has 8 aromatic rings. The van der Waals surface area contributed by atoms with Crippen LogP contribution in [-0.2, 0) is 0 Å². The first-order chi connectivity index (χ1) is 18.3. The van der Waals surface area contributed by atoms with E-state index in [1.54, 1.807) is 0 Å². The molecule has 2 heterocycles. The molecule has 37 heavy (non-hydrogen) atoms. The van der Waals surface area contributed by atoms with E-state index in [2.05, 4.69) is 91.0 Å². The summed E-state index contributed by atoms with van der Waals surface area (Å²) >= 11 is 0. The van der Waals surface area contributed by atoms with Crippen molar-refractivity contribution in [3.05, 3.63) is 121 Å². The molecule has 0 aliphatic rings. The molecule has 0 unspecified atom stereocenters. The number of para-hydroxylation sites is 2. The molecule has 2 aromatic heterocycles. The molecular formula is C34H20N2O. The highest BCUT2D eigenvalue weighted by atomic mass is 16.3. The van der Waals surface area contributed by atoms with Gasteiger partial charge < -0.3 is 4.42 Å². The molecule has 0 fully saturated rings. The van der Waals surface area contributed by atoms with Crippen LogP contribution in [0.5, 0.6) is 0 Å². The van der Waals surface area contributed by atoms with Crippen molar-refractivity contribution in [1.29, 1.82) is 0 Å².